The van der Waals surface area contributed by atoms with Crippen molar-refractivity contribution in [2.24, 2.45) is 0 Å². The lowest BCUT2D eigenvalue weighted by atomic mass is 9.95. The molecular formula is C19H24N2O3S. The van der Waals surface area contributed by atoms with Crippen molar-refractivity contribution >= 4 is 23.3 Å². The van der Waals surface area contributed by atoms with Gasteiger partial charge in [-0.2, -0.15) is 0 Å². The molecule has 0 aromatic heterocycles. The first-order chi connectivity index (χ1) is 12.1. The molecule has 1 heterocycles. The highest BCUT2D eigenvalue weighted by atomic mass is 32.1. The third-order valence-electron chi connectivity index (χ3n) is 4.59. The third-order valence-corrected chi connectivity index (χ3v) is 4.81. The standard InChI is InChI=1S/C19H24N2O3S/c1-3-23-18(22)16-12(2)20-19(25)21-17(16)14-10-6-7-11-15(14)24-13-8-4-5-9-13/h6-7,10-11,13,17H,3-5,8-9H2,1-2H3,(H2,20,21,25)/t17-/m0/s1. The van der Waals surface area contributed by atoms with Crippen molar-refractivity contribution in [3.8, 4) is 5.75 Å². The Balaban J connectivity index is 1.96. The van der Waals surface area contributed by atoms with Crippen molar-refractivity contribution in [3.63, 3.8) is 0 Å². The molecule has 5 nitrogen and oxygen atoms in total. The lowest BCUT2D eigenvalue weighted by Crippen LogP contribution is -2.45. The fraction of sp³-hybridized carbons (Fsp3) is 0.474. The van der Waals surface area contributed by atoms with E-state index in [0.717, 1.165) is 24.2 Å². The lowest BCUT2D eigenvalue weighted by molar-refractivity contribution is -0.139. The van der Waals surface area contributed by atoms with Gasteiger partial charge < -0.3 is 20.1 Å². The molecule has 0 amide bonds. The maximum absolute atomic E-state index is 12.5. The fourth-order valence-corrected chi connectivity index (χ4v) is 3.69. The molecule has 3 rings (SSSR count). The van der Waals surface area contributed by atoms with E-state index < -0.39 is 0 Å². The van der Waals surface area contributed by atoms with Crippen LogP contribution in [0.25, 0.3) is 0 Å². The number of para-hydroxylation sites is 1. The summed E-state index contributed by atoms with van der Waals surface area (Å²) in [7, 11) is 0. The largest absolute Gasteiger partial charge is 0.490 e. The summed E-state index contributed by atoms with van der Waals surface area (Å²) in [6.45, 7) is 3.97. The van der Waals surface area contributed by atoms with E-state index >= 15 is 0 Å². The molecule has 0 spiro atoms. The number of carbonyl (C=O) groups is 1. The van der Waals surface area contributed by atoms with Crippen molar-refractivity contribution in [2.45, 2.75) is 51.7 Å². The number of nitrogens with one attached hydrogen (secondary N) is 2. The number of benzene rings is 1. The molecule has 1 atom stereocenters. The molecule has 0 bridgehead atoms. The number of ether oxygens (including phenoxy) is 2. The van der Waals surface area contributed by atoms with E-state index in [9.17, 15) is 4.79 Å². The third kappa shape index (κ3) is 3.95. The Hall–Kier alpha value is -2.08. The summed E-state index contributed by atoms with van der Waals surface area (Å²) in [4.78, 5) is 12.5. The highest BCUT2D eigenvalue weighted by Crippen LogP contribution is 2.35. The number of allylic oxidation sites excluding steroid dienone is 1. The molecule has 25 heavy (non-hydrogen) atoms. The summed E-state index contributed by atoms with van der Waals surface area (Å²) in [5.41, 5.74) is 2.15. The maximum Gasteiger partial charge on any atom is 0.338 e. The average Bonchev–Trinajstić information content (AvgIpc) is 3.08. The number of thiocarbonyl (C=S) groups is 1. The average molecular weight is 360 g/mol. The van der Waals surface area contributed by atoms with Crippen LogP contribution in [0.1, 0.15) is 51.1 Å². The number of esters is 1. The van der Waals surface area contributed by atoms with Crippen molar-refractivity contribution in [1.82, 2.24) is 10.6 Å². The zero-order valence-corrected chi connectivity index (χ0v) is 15.4. The zero-order chi connectivity index (χ0) is 17.8. The monoisotopic (exact) mass is 360 g/mol. The van der Waals surface area contributed by atoms with E-state index in [1.165, 1.54) is 12.8 Å². The van der Waals surface area contributed by atoms with E-state index in [1.54, 1.807) is 6.92 Å². The van der Waals surface area contributed by atoms with Crippen molar-refractivity contribution < 1.29 is 14.3 Å². The van der Waals surface area contributed by atoms with Crippen LogP contribution in [0.2, 0.25) is 0 Å². The van der Waals surface area contributed by atoms with Crippen LogP contribution >= 0.6 is 12.2 Å². The summed E-state index contributed by atoms with van der Waals surface area (Å²) >= 11 is 5.30. The Morgan fingerprint density at radius 1 is 1.28 bits per heavy atom. The molecular weight excluding hydrogens is 336 g/mol. The summed E-state index contributed by atoms with van der Waals surface area (Å²) < 4.78 is 11.5. The molecule has 0 saturated heterocycles. The van der Waals surface area contributed by atoms with Gasteiger partial charge >= 0.3 is 5.97 Å². The molecule has 2 N–H and O–H groups in total. The first-order valence-corrected chi connectivity index (χ1v) is 9.22. The Labute approximate surface area is 153 Å². The normalized spacial score (nSPS) is 20.9. The van der Waals surface area contributed by atoms with Gasteiger partial charge in [-0.3, -0.25) is 0 Å². The van der Waals surface area contributed by atoms with Gasteiger partial charge in [0.05, 0.1) is 24.3 Å². The Morgan fingerprint density at radius 2 is 2.00 bits per heavy atom. The second-order valence-corrected chi connectivity index (χ2v) is 6.76. The van der Waals surface area contributed by atoms with E-state index in [2.05, 4.69) is 10.6 Å². The van der Waals surface area contributed by atoms with Gasteiger partial charge in [-0.05, 0) is 57.8 Å². The summed E-state index contributed by atoms with van der Waals surface area (Å²) in [5, 5.41) is 6.71. The molecule has 6 heteroatoms. The smallest absolute Gasteiger partial charge is 0.338 e. The number of carbonyl (C=O) groups excluding carboxylic acids is 1. The molecule has 0 unspecified atom stereocenters. The highest BCUT2D eigenvalue weighted by Gasteiger charge is 2.33. The van der Waals surface area contributed by atoms with Gasteiger partial charge in [0.25, 0.3) is 0 Å². The zero-order valence-electron chi connectivity index (χ0n) is 14.6. The van der Waals surface area contributed by atoms with E-state index in [4.69, 9.17) is 21.7 Å². The Morgan fingerprint density at radius 3 is 2.72 bits per heavy atom. The summed E-state index contributed by atoms with van der Waals surface area (Å²) in [5.74, 6) is 0.453. The number of rotatable bonds is 5. The molecule has 1 fully saturated rings. The summed E-state index contributed by atoms with van der Waals surface area (Å²) in [6.07, 6.45) is 4.80. The van der Waals surface area contributed by atoms with Gasteiger partial charge in [0.15, 0.2) is 5.11 Å². The SMILES string of the molecule is CCOC(=O)C1=C(C)NC(=S)N[C@H]1c1ccccc1OC1CCCC1. The minimum atomic E-state index is -0.384. The van der Waals surface area contributed by atoms with E-state index in [-0.39, 0.29) is 18.1 Å². The van der Waals surface area contributed by atoms with Crippen LogP contribution in [-0.4, -0.2) is 23.8 Å². The predicted molar refractivity (Wildman–Crippen MR) is 100 cm³/mol. The van der Waals surface area contributed by atoms with E-state index in [1.807, 2.05) is 31.2 Å². The second kappa shape index (κ2) is 7.87. The molecule has 1 aromatic rings. The quantitative estimate of drug-likeness (QED) is 0.620. The molecule has 1 aromatic carbocycles. The second-order valence-electron chi connectivity index (χ2n) is 6.35. The van der Waals surface area contributed by atoms with Gasteiger partial charge in [-0.25, -0.2) is 4.79 Å². The van der Waals surface area contributed by atoms with Crippen LogP contribution in [-0.2, 0) is 9.53 Å². The minimum Gasteiger partial charge on any atom is -0.490 e. The van der Waals surface area contributed by atoms with Crippen LogP contribution in [0.15, 0.2) is 35.5 Å². The maximum atomic E-state index is 12.5. The van der Waals surface area contributed by atoms with Crippen LogP contribution < -0.4 is 15.4 Å². The lowest BCUT2D eigenvalue weighted by Gasteiger charge is -2.31. The summed E-state index contributed by atoms with van der Waals surface area (Å²) in [6, 6.07) is 7.45. The molecule has 2 aliphatic rings. The van der Waals surface area contributed by atoms with Gasteiger partial charge in [0, 0.05) is 11.3 Å². The Kier molecular flexibility index (Phi) is 5.58. The molecule has 134 valence electrons. The van der Waals surface area contributed by atoms with Gasteiger partial charge in [0.2, 0.25) is 0 Å². The van der Waals surface area contributed by atoms with Crippen LogP contribution in [0.4, 0.5) is 0 Å². The Bertz CT molecular complexity index is 696. The van der Waals surface area contributed by atoms with Crippen molar-refractivity contribution in [2.75, 3.05) is 6.61 Å². The van der Waals surface area contributed by atoms with Gasteiger partial charge in [-0.1, -0.05) is 18.2 Å². The highest BCUT2D eigenvalue weighted by molar-refractivity contribution is 7.80. The van der Waals surface area contributed by atoms with Gasteiger partial charge in [-0.15, -0.1) is 0 Å². The number of hydrogen-bond donors (Lipinski definition) is 2. The predicted octanol–water partition coefficient (Wildman–Crippen LogP) is 3.36. The van der Waals surface area contributed by atoms with Crippen LogP contribution in [0.5, 0.6) is 5.75 Å². The topological polar surface area (TPSA) is 59.6 Å². The minimum absolute atomic E-state index is 0.242. The van der Waals surface area contributed by atoms with Crippen molar-refractivity contribution in [3.05, 3.63) is 41.1 Å². The molecule has 0 radical (unpaired) electrons. The molecule has 1 saturated carbocycles. The molecule has 1 aliphatic heterocycles. The van der Waals surface area contributed by atoms with Crippen LogP contribution in [0, 0.1) is 0 Å². The van der Waals surface area contributed by atoms with Gasteiger partial charge in [0.1, 0.15) is 5.75 Å². The first-order valence-electron chi connectivity index (χ1n) is 8.81. The van der Waals surface area contributed by atoms with Crippen molar-refractivity contribution in [1.29, 1.82) is 0 Å². The van der Waals surface area contributed by atoms with Crippen LogP contribution in [0.3, 0.4) is 0 Å². The van der Waals surface area contributed by atoms with E-state index in [0.29, 0.717) is 23.0 Å². The molecule has 1 aliphatic carbocycles. The number of hydrogen-bond acceptors (Lipinski definition) is 4. The first kappa shape index (κ1) is 17.7. The fourth-order valence-electron chi connectivity index (χ4n) is 3.42.